The summed E-state index contributed by atoms with van der Waals surface area (Å²) < 4.78 is 0. The van der Waals surface area contributed by atoms with E-state index >= 15 is 0 Å². The molecule has 0 aromatic heterocycles. The molecule has 2 N–H and O–H groups in total. The summed E-state index contributed by atoms with van der Waals surface area (Å²) in [5.41, 5.74) is 1.42. The Hall–Kier alpha value is -0.510. The lowest BCUT2D eigenvalue weighted by Gasteiger charge is -2.14. The molecular weight excluding hydrogens is 218 g/mol. The van der Waals surface area contributed by atoms with E-state index in [9.17, 15) is 5.11 Å². The van der Waals surface area contributed by atoms with Crippen LogP contribution in [-0.4, -0.2) is 23.5 Å². The zero-order chi connectivity index (χ0) is 11.4. The third kappa shape index (κ3) is 2.78. The number of nitrogens with one attached hydrogen (secondary N) is 1. The molecule has 0 saturated heterocycles. The van der Waals surface area contributed by atoms with E-state index in [0.717, 1.165) is 25.1 Å². The molecule has 0 bridgehead atoms. The molecule has 2 rings (SSSR count). The Bertz CT molecular complexity index is 342. The van der Waals surface area contributed by atoms with Gasteiger partial charge in [-0.3, -0.25) is 0 Å². The van der Waals surface area contributed by atoms with Crippen molar-refractivity contribution in [2.75, 3.05) is 12.3 Å². The van der Waals surface area contributed by atoms with Crippen molar-refractivity contribution in [1.82, 2.24) is 5.32 Å². The molecule has 1 aliphatic heterocycles. The van der Waals surface area contributed by atoms with Gasteiger partial charge in [0.2, 0.25) is 0 Å². The summed E-state index contributed by atoms with van der Waals surface area (Å²) in [4.78, 5) is 1.40. The number of rotatable bonds is 5. The fourth-order valence-electron chi connectivity index (χ4n) is 1.96. The number of thioether (sulfide) groups is 1. The summed E-state index contributed by atoms with van der Waals surface area (Å²) >= 11 is 1.92. The van der Waals surface area contributed by atoms with E-state index < -0.39 is 0 Å². The van der Waals surface area contributed by atoms with E-state index in [-0.39, 0.29) is 6.10 Å². The molecule has 2 unspecified atom stereocenters. The van der Waals surface area contributed by atoms with Gasteiger partial charge in [-0.15, -0.1) is 11.8 Å². The first-order valence-corrected chi connectivity index (χ1v) is 6.93. The second-order valence-corrected chi connectivity index (χ2v) is 5.27. The highest BCUT2D eigenvalue weighted by molar-refractivity contribution is 7.99. The Morgan fingerprint density at radius 2 is 2.31 bits per heavy atom. The van der Waals surface area contributed by atoms with Crippen molar-refractivity contribution in [3.8, 4) is 0 Å². The van der Waals surface area contributed by atoms with Crippen molar-refractivity contribution >= 4 is 11.8 Å². The molecule has 0 spiro atoms. The van der Waals surface area contributed by atoms with Crippen LogP contribution in [0.4, 0.5) is 0 Å². The van der Waals surface area contributed by atoms with Crippen LogP contribution in [0.3, 0.4) is 0 Å². The van der Waals surface area contributed by atoms with E-state index in [4.69, 9.17) is 0 Å². The molecule has 2 atom stereocenters. The molecule has 1 aromatic rings. The zero-order valence-corrected chi connectivity index (χ0v) is 10.5. The second kappa shape index (κ2) is 5.71. The highest BCUT2D eigenvalue weighted by atomic mass is 32.2. The molecule has 1 heterocycles. The third-order valence-electron chi connectivity index (χ3n) is 3.04. The van der Waals surface area contributed by atoms with Crippen LogP contribution in [0.2, 0.25) is 0 Å². The second-order valence-electron chi connectivity index (χ2n) is 4.21. The molecule has 0 radical (unpaired) electrons. The topological polar surface area (TPSA) is 32.3 Å². The van der Waals surface area contributed by atoms with Crippen LogP contribution in [-0.2, 0) is 0 Å². The summed E-state index contributed by atoms with van der Waals surface area (Å²) in [6.07, 6.45) is 1.54. The van der Waals surface area contributed by atoms with Crippen molar-refractivity contribution in [3.63, 3.8) is 0 Å². The van der Waals surface area contributed by atoms with E-state index in [1.807, 2.05) is 18.7 Å². The highest BCUT2D eigenvalue weighted by Gasteiger charge is 2.21. The molecule has 0 amide bonds. The van der Waals surface area contributed by atoms with Gasteiger partial charge in [-0.05, 0) is 31.0 Å². The largest absolute Gasteiger partial charge is 0.393 e. The first kappa shape index (κ1) is 12.0. The quantitative estimate of drug-likeness (QED) is 0.825. The van der Waals surface area contributed by atoms with Crippen LogP contribution < -0.4 is 5.32 Å². The fraction of sp³-hybridized carbons (Fsp3) is 0.538. The van der Waals surface area contributed by atoms with Crippen molar-refractivity contribution < 1.29 is 5.11 Å². The highest BCUT2D eigenvalue weighted by Crippen LogP contribution is 2.37. The van der Waals surface area contributed by atoms with Gasteiger partial charge in [-0.2, -0.15) is 0 Å². The third-order valence-corrected chi connectivity index (χ3v) is 4.22. The fourth-order valence-corrected chi connectivity index (χ4v) is 3.16. The maximum absolute atomic E-state index is 9.48. The molecule has 2 nitrogen and oxygen atoms in total. The number of fused-ring (bicyclic) bond motifs is 1. The maximum atomic E-state index is 9.48. The minimum absolute atomic E-state index is 0.156. The van der Waals surface area contributed by atoms with Gasteiger partial charge in [-0.1, -0.05) is 25.1 Å². The SMILES string of the molecule is CCC(O)CCNC1CSc2ccccc21. The van der Waals surface area contributed by atoms with Gasteiger partial charge in [0.25, 0.3) is 0 Å². The first-order valence-electron chi connectivity index (χ1n) is 5.94. The number of hydrogen-bond acceptors (Lipinski definition) is 3. The predicted octanol–water partition coefficient (Wildman–Crippen LogP) is 2.58. The number of hydrogen-bond donors (Lipinski definition) is 2. The summed E-state index contributed by atoms with van der Waals surface area (Å²) in [5, 5.41) is 13.0. The zero-order valence-electron chi connectivity index (χ0n) is 9.65. The Morgan fingerprint density at radius 1 is 1.50 bits per heavy atom. The normalized spacial score (nSPS) is 20.8. The van der Waals surface area contributed by atoms with Gasteiger partial charge >= 0.3 is 0 Å². The van der Waals surface area contributed by atoms with E-state index in [1.165, 1.54) is 10.5 Å². The van der Waals surface area contributed by atoms with Gasteiger partial charge < -0.3 is 10.4 Å². The van der Waals surface area contributed by atoms with Gasteiger partial charge in [0.1, 0.15) is 0 Å². The summed E-state index contributed by atoms with van der Waals surface area (Å²) in [6.45, 7) is 2.92. The summed E-state index contributed by atoms with van der Waals surface area (Å²) in [5.74, 6) is 1.11. The molecule has 0 fully saturated rings. The Labute approximate surface area is 101 Å². The van der Waals surface area contributed by atoms with Crippen LogP contribution in [0.25, 0.3) is 0 Å². The molecule has 16 heavy (non-hydrogen) atoms. The van der Waals surface area contributed by atoms with Crippen LogP contribution in [0.5, 0.6) is 0 Å². The Kier molecular flexibility index (Phi) is 4.27. The van der Waals surface area contributed by atoms with Gasteiger partial charge in [0.05, 0.1) is 6.10 Å². The Balaban J connectivity index is 1.84. The van der Waals surface area contributed by atoms with Gasteiger partial charge in [0, 0.05) is 16.7 Å². The van der Waals surface area contributed by atoms with E-state index in [2.05, 4.69) is 29.6 Å². The Morgan fingerprint density at radius 3 is 3.12 bits per heavy atom. The average molecular weight is 237 g/mol. The molecule has 0 aliphatic carbocycles. The van der Waals surface area contributed by atoms with Crippen LogP contribution in [0.15, 0.2) is 29.2 Å². The van der Waals surface area contributed by atoms with Crippen molar-refractivity contribution in [1.29, 1.82) is 0 Å². The smallest absolute Gasteiger partial charge is 0.0549 e. The van der Waals surface area contributed by atoms with E-state index in [1.54, 1.807) is 0 Å². The molecule has 88 valence electrons. The van der Waals surface area contributed by atoms with Crippen LogP contribution >= 0.6 is 11.8 Å². The van der Waals surface area contributed by atoms with Crippen LogP contribution in [0, 0.1) is 0 Å². The van der Waals surface area contributed by atoms with Crippen LogP contribution in [0.1, 0.15) is 31.4 Å². The van der Waals surface area contributed by atoms with Crippen molar-refractivity contribution in [3.05, 3.63) is 29.8 Å². The lowest BCUT2D eigenvalue weighted by Crippen LogP contribution is -2.25. The van der Waals surface area contributed by atoms with Crippen molar-refractivity contribution in [2.45, 2.75) is 36.8 Å². The van der Waals surface area contributed by atoms with Gasteiger partial charge in [-0.25, -0.2) is 0 Å². The minimum Gasteiger partial charge on any atom is -0.393 e. The molecule has 1 aliphatic rings. The van der Waals surface area contributed by atoms with Gasteiger partial charge in [0.15, 0.2) is 0 Å². The molecule has 1 aromatic carbocycles. The average Bonchev–Trinajstić information content (AvgIpc) is 2.73. The van der Waals surface area contributed by atoms with Crippen molar-refractivity contribution in [2.24, 2.45) is 0 Å². The number of aliphatic hydroxyl groups excluding tert-OH is 1. The monoisotopic (exact) mass is 237 g/mol. The number of aliphatic hydroxyl groups is 1. The first-order chi connectivity index (χ1) is 7.81. The molecule has 0 saturated carbocycles. The predicted molar refractivity (Wildman–Crippen MR) is 68.8 cm³/mol. The minimum atomic E-state index is -0.156. The maximum Gasteiger partial charge on any atom is 0.0549 e. The standard InChI is InChI=1S/C13H19NOS/c1-2-10(15)7-8-14-12-9-16-13-6-4-3-5-11(12)13/h3-6,10,12,14-15H,2,7-9H2,1H3. The lowest BCUT2D eigenvalue weighted by molar-refractivity contribution is 0.159. The summed E-state index contributed by atoms with van der Waals surface area (Å²) in [7, 11) is 0. The summed E-state index contributed by atoms with van der Waals surface area (Å²) in [6, 6.07) is 9.03. The lowest BCUT2D eigenvalue weighted by atomic mass is 10.1. The number of benzene rings is 1. The molecule has 3 heteroatoms. The van der Waals surface area contributed by atoms with E-state index in [0.29, 0.717) is 6.04 Å². The molecular formula is C13H19NOS.